The summed E-state index contributed by atoms with van der Waals surface area (Å²) in [6.07, 6.45) is 0.898. The monoisotopic (exact) mass is 538 g/mol. The summed E-state index contributed by atoms with van der Waals surface area (Å²) in [6, 6.07) is 14.9. The summed E-state index contributed by atoms with van der Waals surface area (Å²) in [5, 5.41) is 35.8. The number of aromatic nitrogens is 7. The molecule has 0 saturated carbocycles. The second-order valence-corrected chi connectivity index (χ2v) is 9.74. The van der Waals surface area contributed by atoms with Crippen LogP contribution in [0.1, 0.15) is 35.7 Å². The van der Waals surface area contributed by atoms with Gasteiger partial charge in [0.25, 0.3) is 0 Å². The van der Waals surface area contributed by atoms with Gasteiger partial charge in [-0.2, -0.15) is 15.5 Å². The summed E-state index contributed by atoms with van der Waals surface area (Å²) in [6.45, 7) is 6.60. The van der Waals surface area contributed by atoms with E-state index in [1.807, 2.05) is 73.8 Å². The lowest BCUT2D eigenvalue weighted by molar-refractivity contribution is 0.198. The van der Waals surface area contributed by atoms with Crippen LogP contribution in [-0.4, -0.2) is 71.8 Å². The molecule has 12 nitrogen and oxygen atoms in total. The van der Waals surface area contributed by atoms with E-state index in [0.717, 1.165) is 23.4 Å². The zero-order valence-corrected chi connectivity index (χ0v) is 23.0. The van der Waals surface area contributed by atoms with Crippen LogP contribution >= 0.6 is 0 Å². The van der Waals surface area contributed by atoms with Crippen molar-refractivity contribution in [1.82, 2.24) is 39.4 Å². The first-order valence-electron chi connectivity index (χ1n) is 12.8. The zero-order valence-electron chi connectivity index (χ0n) is 23.0. The summed E-state index contributed by atoms with van der Waals surface area (Å²) in [4.78, 5) is 11.5. The summed E-state index contributed by atoms with van der Waals surface area (Å²) in [5.41, 5.74) is 4.61. The first-order chi connectivity index (χ1) is 19.2. The molecule has 0 spiro atoms. The third kappa shape index (κ3) is 5.47. The Morgan fingerprint density at radius 3 is 2.62 bits per heavy atom. The van der Waals surface area contributed by atoms with E-state index in [1.165, 1.54) is 0 Å². The van der Waals surface area contributed by atoms with Crippen molar-refractivity contribution in [2.24, 2.45) is 0 Å². The molecule has 12 heteroatoms. The van der Waals surface area contributed by atoms with Crippen molar-refractivity contribution in [1.29, 1.82) is 5.26 Å². The quantitative estimate of drug-likeness (QED) is 0.286. The van der Waals surface area contributed by atoms with Crippen LogP contribution < -0.4 is 10.1 Å². The van der Waals surface area contributed by atoms with Crippen LogP contribution in [0, 0.1) is 25.2 Å². The number of aryl methyl sites for hydroxylation is 2. The Labute approximate surface area is 231 Å². The predicted molar refractivity (Wildman–Crippen MR) is 150 cm³/mol. The minimum atomic E-state index is -0.791. The maximum atomic E-state index is 10.4. The van der Waals surface area contributed by atoms with Crippen molar-refractivity contribution in [3.05, 3.63) is 71.4 Å². The Bertz CT molecular complexity index is 1700. The number of hydrogen-bond acceptors (Lipinski definition) is 10. The molecule has 5 aromatic rings. The highest BCUT2D eigenvalue weighted by Crippen LogP contribution is 2.33. The predicted octanol–water partition coefficient (Wildman–Crippen LogP) is 3.62. The number of hydrogen-bond donors (Lipinski definition) is 2. The number of imidazole rings is 1. The molecule has 1 unspecified atom stereocenters. The van der Waals surface area contributed by atoms with Gasteiger partial charge in [0.15, 0.2) is 17.3 Å². The van der Waals surface area contributed by atoms with Gasteiger partial charge in [0, 0.05) is 23.9 Å². The van der Waals surface area contributed by atoms with Gasteiger partial charge in [-0.3, -0.25) is 4.57 Å². The van der Waals surface area contributed by atoms with E-state index in [0.29, 0.717) is 46.6 Å². The van der Waals surface area contributed by atoms with Gasteiger partial charge in [-0.05, 0) is 71.3 Å². The molecule has 0 radical (unpaired) electrons. The molecule has 204 valence electrons. The first-order valence-corrected chi connectivity index (χ1v) is 12.8. The summed E-state index contributed by atoms with van der Waals surface area (Å²) < 4.78 is 9.62. The van der Waals surface area contributed by atoms with Crippen LogP contribution in [0.3, 0.4) is 0 Å². The van der Waals surface area contributed by atoms with Crippen LogP contribution in [-0.2, 0) is 0 Å². The second-order valence-electron chi connectivity index (χ2n) is 9.74. The number of pyridine rings is 1. The minimum absolute atomic E-state index is 0.270. The molecular formula is C28H30N10O2. The molecule has 2 N–H and O–H groups in total. The van der Waals surface area contributed by atoms with Gasteiger partial charge < -0.3 is 20.1 Å². The van der Waals surface area contributed by atoms with Gasteiger partial charge in [-0.1, -0.05) is 0 Å². The Balaban J connectivity index is 1.60. The lowest BCUT2D eigenvalue weighted by Crippen LogP contribution is -2.19. The normalized spacial score (nSPS) is 12.1. The molecule has 0 amide bonds. The van der Waals surface area contributed by atoms with Crippen molar-refractivity contribution < 1.29 is 9.84 Å². The van der Waals surface area contributed by atoms with Crippen molar-refractivity contribution in [2.45, 2.75) is 26.9 Å². The number of ether oxygens (including phenoxy) is 1. The molecule has 5 rings (SSSR count). The maximum absolute atomic E-state index is 10.4. The number of anilines is 2. The summed E-state index contributed by atoms with van der Waals surface area (Å²) >= 11 is 0. The van der Waals surface area contributed by atoms with Gasteiger partial charge in [0.05, 0.1) is 28.5 Å². The van der Waals surface area contributed by atoms with E-state index < -0.39 is 6.10 Å². The molecule has 1 atom stereocenters. The van der Waals surface area contributed by atoms with E-state index in [-0.39, 0.29) is 5.69 Å². The van der Waals surface area contributed by atoms with Crippen LogP contribution in [0.2, 0.25) is 0 Å². The van der Waals surface area contributed by atoms with Crippen LogP contribution in [0.4, 0.5) is 11.5 Å². The summed E-state index contributed by atoms with van der Waals surface area (Å²) in [5.74, 6) is 2.22. The molecule has 0 aliphatic heterocycles. The van der Waals surface area contributed by atoms with Gasteiger partial charge in [-0.15, -0.1) is 5.10 Å². The molecular weight excluding hydrogens is 508 g/mol. The molecule has 0 saturated heterocycles. The molecule has 0 aliphatic carbocycles. The number of nitrogens with zero attached hydrogens (tertiary/aromatic N) is 9. The highest BCUT2D eigenvalue weighted by Gasteiger charge is 2.19. The third-order valence-electron chi connectivity index (χ3n) is 6.30. The van der Waals surface area contributed by atoms with Crippen molar-refractivity contribution >= 4 is 22.5 Å². The highest BCUT2D eigenvalue weighted by atomic mass is 16.5. The fourth-order valence-corrected chi connectivity index (χ4v) is 4.20. The van der Waals surface area contributed by atoms with Crippen LogP contribution in [0.5, 0.6) is 5.75 Å². The van der Waals surface area contributed by atoms with E-state index in [2.05, 4.69) is 31.7 Å². The van der Waals surface area contributed by atoms with E-state index in [1.54, 1.807) is 24.0 Å². The van der Waals surface area contributed by atoms with Crippen molar-refractivity contribution in [3.8, 4) is 23.5 Å². The van der Waals surface area contributed by atoms with Gasteiger partial charge in [0.2, 0.25) is 0 Å². The van der Waals surface area contributed by atoms with Gasteiger partial charge in [-0.25, -0.2) is 14.6 Å². The number of fused-ring (bicyclic) bond motifs is 1. The number of aliphatic hydroxyl groups excluding tert-OH is 1. The van der Waals surface area contributed by atoms with E-state index >= 15 is 0 Å². The molecule has 0 bridgehead atoms. The largest absolute Gasteiger partial charge is 0.490 e. The fourth-order valence-electron chi connectivity index (χ4n) is 4.20. The number of likely N-dealkylation sites (N-methyl/N-ethyl adjacent to an activating group) is 1. The Morgan fingerprint density at radius 1 is 1.12 bits per heavy atom. The zero-order chi connectivity index (χ0) is 28.4. The van der Waals surface area contributed by atoms with Crippen molar-refractivity contribution in [3.63, 3.8) is 0 Å². The number of rotatable bonds is 9. The SMILES string of the molecule is Cc1ccc(Nc2cc3ncn(-c4ccc(C(C)O)c(-n5nc(C#N)cc5C)n4)c3cc2OCCN(C)C)nn1. The molecule has 4 aromatic heterocycles. The topological polar surface area (TPSA) is 143 Å². The number of benzene rings is 1. The van der Waals surface area contributed by atoms with E-state index in [9.17, 15) is 10.4 Å². The maximum Gasteiger partial charge on any atom is 0.163 e. The second kappa shape index (κ2) is 11.1. The average molecular weight is 539 g/mol. The lowest BCUT2D eigenvalue weighted by atomic mass is 10.1. The Morgan fingerprint density at radius 2 is 1.95 bits per heavy atom. The Kier molecular flexibility index (Phi) is 7.41. The molecule has 0 fully saturated rings. The summed E-state index contributed by atoms with van der Waals surface area (Å²) in [7, 11) is 3.98. The lowest BCUT2D eigenvalue weighted by Gasteiger charge is -2.16. The molecule has 40 heavy (non-hydrogen) atoms. The molecule has 4 heterocycles. The average Bonchev–Trinajstić information content (AvgIpc) is 3.52. The third-order valence-corrected chi connectivity index (χ3v) is 6.30. The van der Waals surface area contributed by atoms with Crippen LogP contribution in [0.25, 0.3) is 22.7 Å². The minimum Gasteiger partial charge on any atom is -0.490 e. The molecule has 1 aromatic carbocycles. The van der Waals surface area contributed by atoms with Crippen molar-refractivity contribution in [2.75, 3.05) is 32.6 Å². The number of aliphatic hydroxyl groups is 1. The van der Waals surface area contributed by atoms with Gasteiger partial charge in [0.1, 0.15) is 30.6 Å². The first kappa shape index (κ1) is 26.7. The number of nitrogens with one attached hydrogen (secondary N) is 1. The fraction of sp³-hybridized carbons (Fsp3) is 0.286. The molecule has 0 aliphatic rings. The highest BCUT2D eigenvalue weighted by molar-refractivity contribution is 5.86. The smallest absolute Gasteiger partial charge is 0.163 e. The Hall–Kier alpha value is -4.86. The standard InChI is InChI=1S/C28H30N10O2/c1-17-6-8-26(34-33-17)31-23-13-22-24(14-25(23)40-11-10-36(4)5)37(16-30-22)27-9-7-21(19(3)39)28(32-27)38-18(2)12-20(15-29)35-38/h6-9,12-14,16,19,39H,10-11H2,1-5H3,(H,31,34). The van der Waals surface area contributed by atoms with Crippen LogP contribution in [0.15, 0.2) is 48.8 Å². The number of nitriles is 1. The van der Waals surface area contributed by atoms with E-state index in [4.69, 9.17) is 9.72 Å². The van der Waals surface area contributed by atoms with Gasteiger partial charge >= 0.3 is 0 Å².